The van der Waals surface area contributed by atoms with Crippen LogP contribution in [0.15, 0.2) is 59.2 Å². The molecule has 1 unspecified atom stereocenters. The molecule has 4 rings (SSSR count). The molecule has 192 valence electrons. The number of thiazole rings is 1. The first-order valence-corrected chi connectivity index (χ1v) is 12.6. The molecular weight excluding hydrogens is 524 g/mol. The molecular formula is C22H20N6O7S2. The number of β-lactam (4-membered cyclic amide) rings is 1. The van der Waals surface area contributed by atoms with Crippen LogP contribution in [0, 0.1) is 10.1 Å². The number of benzene rings is 1. The van der Waals surface area contributed by atoms with Crippen LogP contribution in [-0.4, -0.2) is 62.1 Å². The van der Waals surface area contributed by atoms with E-state index in [1.54, 1.807) is 5.38 Å². The van der Waals surface area contributed by atoms with E-state index in [0.717, 1.165) is 11.3 Å². The maximum absolute atomic E-state index is 12.9. The van der Waals surface area contributed by atoms with Crippen molar-refractivity contribution < 1.29 is 28.9 Å². The zero-order valence-corrected chi connectivity index (χ0v) is 20.7. The number of esters is 1. The fraction of sp³-hybridized carbons (Fsp3) is 0.227. The maximum Gasteiger partial charge on any atom is 0.336 e. The SMILES string of the molecule is C=CCON=C(C(=O)NC1C(=O)N2C=C(C(=O)OCc3ccc([N+](=O)[O-])cc3)CS[C@H]12)c1csc(N)n1. The number of hydrogen-bond donors (Lipinski definition) is 2. The van der Waals surface area contributed by atoms with E-state index in [4.69, 9.17) is 15.3 Å². The Morgan fingerprint density at radius 1 is 1.38 bits per heavy atom. The number of nitro benzene ring substituents is 1. The number of anilines is 1. The van der Waals surface area contributed by atoms with E-state index in [0.29, 0.717) is 5.56 Å². The van der Waals surface area contributed by atoms with Gasteiger partial charge in [-0.25, -0.2) is 9.78 Å². The van der Waals surface area contributed by atoms with Gasteiger partial charge in [-0.1, -0.05) is 17.8 Å². The quantitative estimate of drug-likeness (QED) is 0.0848. The predicted octanol–water partition coefficient (Wildman–Crippen LogP) is 1.57. The van der Waals surface area contributed by atoms with Gasteiger partial charge >= 0.3 is 5.97 Å². The van der Waals surface area contributed by atoms with Crippen molar-refractivity contribution >= 4 is 57.4 Å². The molecule has 0 radical (unpaired) electrons. The van der Waals surface area contributed by atoms with E-state index in [2.05, 4.69) is 22.0 Å². The number of nitrogens with one attached hydrogen (secondary N) is 1. The Bertz CT molecular complexity index is 1310. The summed E-state index contributed by atoms with van der Waals surface area (Å²) in [5, 5.41) is 18.6. The number of fused-ring (bicyclic) bond motifs is 1. The summed E-state index contributed by atoms with van der Waals surface area (Å²) < 4.78 is 5.28. The van der Waals surface area contributed by atoms with Crippen molar-refractivity contribution in [2.24, 2.45) is 5.16 Å². The van der Waals surface area contributed by atoms with Crippen LogP contribution in [-0.2, 0) is 30.6 Å². The number of ether oxygens (including phenoxy) is 1. The summed E-state index contributed by atoms with van der Waals surface area (Å²) in [6.07, 6.45) is 2.87. The average molecular weight is 545 g/mol. The number of rotatable bonds is 10. The van der Waals surface area contributed by atoms with Crippen molar-refractivity contribution in [2.75, 3.05) is 18.1 Å². The third-order valence-corrected chi connectivity index (χ3v) is 7.17. The fourth-order valence-corrected chi connectivity index (χ4v) is 5.14. The minimum absolute atomic E-state index is 0.0659. The number of carbonyl (C=O) groups excluding carboxylic acids is 3. The van der Waals surface area contributed by atoms with Crippen molar-refractivity contribution in [3.63, 3.8) is 0 Å². The van der Waals surface area contributed by atoms with Gasteiger partial charge in [0.15, 0.2) is 10.8 Å². The first kappa shape index (κ1) is 25.8. The van der Waals surface area contributed by atoms with Gasteiger partial charge in [0.05, 0.1) is 10.5 Å². The Kier molecular flexibility index (Phi) is 7.83. The molecule has 2 aromatic rings. The number of non-ortho nitro benzene ring substituents is 1. The van der Waals surface area contributed by atoms with Gasteiger partial charge in [0.25, 0.3) is 17.5 Å². The zero-order valence-electron chi connectivity index (χ0n) is 19.1. The highest BCUT2D eigenvalue weighted by Gasteiger charge is 2.50. The topological polar surface area (TPSA) is 179 Å². The number of oxime groups is 1. The molecule has 0 saturated carbocycles. The Hall–Kier alpha value is -4.24. The third-order valence-electron chi connectivity index (χ3n) is 5.18. The second-order valence-electron chi connectivity index (χ2n) is 7.65. The van der Waals surface area contributed by atoms with E-state index < -0.39 is 34.1 Å². The Labute approximate surface area is 218 Å². The lowest BCUT2D eigenvalue weighted by Crippen LogP contribution is -2.69. The number of thioether (sulfide) groups is 1. The summed E-state index contributed by atoms with van der Waals surface area (Å²) in [4.78, 5) is 58.8. The van der Waals surface area contributed by atoms with E-state index in [1.165, 1.54) is 53.2 Å². The number of nitrogens with two attached hydrogens (primary N) is 1. The molecule has 0 spiro atoms. The van der Waals surface area contributed by atoms with Crippen LogP contribution < -0.4 is 11.1 Å². The molecule has 3 heterocycles. The molecule has 1 saturated heterocycles. The molecule has 1 fully saturated rings. The standard InChI is InChI=1S/C22H20N6O7S2/c1-2-7-35-26-16(15-11-37-22(23)24-15)18(29)25-17-19(30)27-8-13(10-36-20(17)27)21(31)34-9-12-3-5-14(6-4-12)28(32)33/h2-6,8,11,17,20H,1,7,9-10H2,(H2,23,24)(H,25,29)/t17?,20-/m1/s1. The number of nitro groups is 1. The average Bonchev–Trinajstić information content (AvgIpc) is 3.33. The van der Waals surface area contributed by atoms with Gasteiger partial charge in [0, 0.05) is 29.5 Å². The molecule has 2 aliphatic heterocycles. The molecule has 2 aliphatic rings. The van der Waals surface area contributed by atoms with Gasteiger partial charge < -0.3 is 25.5 Å². The summed E-state index contributed by atoms with van der Waals surface area (Å²) >= 11 is 2.42. The van der Waals surface area contributed by atoms with Crippen molar-refractivity contribution in [3.8, 4) is 0 Å². The molecule has 1 aromatic heterocycles. The van der Waals surface area contributed by atoms with E-state index >= 15 is 0 Å². The van der Waals surface area contributed by atoms with Crippen LogP contribution in [0.4, 0.5) is 10.8 Å². The van der Waals surface area contributed by atoms with Crippen LogP contribution in [0.2, 0.25) is 0 Å². The first-order chi connectivity index (χ1) is 17.8. The number of amides is 2. The Morgan fingerprint density at radius 2 is 2.14 bits per heavy atom. The first-order valence-electron chi connectivity index (χ1n) is 10.7. The highest BCUT2D eigenvalue weighted by Crippen LogP contribution is 2.36. The lowest BCUT2D eigenvalue weighted by molar-refractivity contribution is -0.384. The van der Waals surface area contributed by atoms with Crippen LogP contribution in [0.3, 0.4) is 0 Å². The van der Waals surface area contributed by atoms with E-state index in [9.17, 15) is 24.5 Å². The largest absolute Gasteiger partial charge is 0.457 e. The van der Waals surface area contributed by atoms with Crippen molar-refractivity contribution in [3.05, 3.63) is 75.4 Å². The van der Waals surface area contributed by atoms with Gasteiger partial charge in [-0.3, -0.25) is 19.7 Å². The smallest absolute Gasteiger partial charge is 0.336 e. The molecule has 0 aliphatic carbocycles. The third kappa shape index (κ3) is 5.78. The highest BCUT2D eigenvalue weighted by molar-refractivity contribution is 8.00. The van der Waals surface area contributed by atoms with Crippen LogP contribution in [0.5, 0.6) is 0 Å². The van der Waals surface area contributed by atoms with Gasteiger partial charge in [0.1, 0.15) is 30.3 Å². The summed E-state index contributed by atoms with van der Waals surface area (Å²) in [7, 11) is 0. The summed E-state index contributed by atoms with van der Waals surface area (Å²) in [6, 6.07) is 4.80. The number of aromatic nitrogens is 1. The molecule has 15 heteroatoms. The summed E-state index contributed by atoms with van der Waals surface area (Å²) in [5.74, 6) is -1.42. The minimum atomic E-state index is -0.841. The number of carbonyl (C=O) groups is 3. The van der Waals surface area contributed by atoms with E-state index in [-0.39, 0.29) is 46.8 Å². The van der Waals surface area contributed by atoms with Crippen LogP contribution in [0.1, 0.15) is 11.3 Å². The van der Waals surface area contributed by atoms with Crippen molar-refractivity contribution in [2.45, 2.75) is 18.0 Å². The predicted molar refractivity (Wildman–Crippen MR) is 135 cm³/mol. The Morgan fingerprint density at radius 3 is 2.78 bits per heavy atom. The highest BCUT2D eigenvalue weighted by atomic mass is 32.2. The molecule has 3 N–H and O–H groups in total. The number of nitrogen functional groups attached to an aromatic ring is 1. The minimum Gasteiger partial charge on any atom is -0.457 e. The normalized spacial score (nSPS) is 18.7. The molecule has 2 amide bonds. The monoisotopic (exact) mass is 544 g/mol. The molecule has 1 aromatic carbocycles. The molecule has 13 nitrogen and oxygen atoms in total. The van der Waals surface area contributed by atoms with Gasteiger partial charge in [-0.05, 0) is 17.7 Å². The van der Waals surface area contributed by atoms with Crippen LogP contribution in [0.25, 0.3) is 0 Å². The second-order valence-corrected chi connectivity index (χ2v) is 9.64. The second kappa shape index (κ2) is 11.2. The van der Waals surface area contributed by atoms with Gasteiger partial charge in [0.2, 0.25) is 0 Å². The zero-order chi connectivity index (χ0) is 26.5. The van der Waals surface area contributed by atoms with Crippen LogP contribution >= 0.6 is 23.1 Å². The number of nitrogens with zero attached hydrogens (tertiary/aromatic N) is 4. The lowest BCUT2D eigenvalue weighted by Gasteiger charge is -2.47. The fourth-order valence-electron chi connectivity index (χ4n) is 3.35. The van der Waals surface area contributed by atoms with Crippen molar-refractivity contribution in [1.82, 2.24) is 15.2 Å². The maximum atomic E-state index is 12.9. The molecule has 0 bridgehead atoms. The van der Waals surface area contributed by atoms with Crippen molar-refractivity contribution in [1.29, 1.82) is 0 Å². The number of hydrogen-bond acceptors (Lipinski definition) is 12. The van der Waals surface area contributed by atoms with E-state index in [1.807, 2.05) is 0 Å². The van der Waals surface area contributed by atoms with Gasteiger partial charge in [-0.15, -0.1) is 23.1 Å². The Balaban J connectivity index is 1.36. The molecule has 37 heavy (non-hydrogen) atoms. The lowest BCUT2D eigenvalue weighted by atomic mass is 10.1. The summed E-state index contributed by atoms with van der Waals surface area (Å²) in [6.45, 7) is 3.51. The molecule has 2 atom stereocenters. The van der Waals surface area contributed by atoms with Gasteiger partial charge in [-0.2, -0.15) is 0 Å². The summed E-state index contributed by atoms with van der Waals surface area (Å²) in [5.41, 5.74) is 6.53.